The zero-order chi connectivity index (χ0) is 21.6. The van der Waals surface area contributed by atoms with Gasteiger partial charge in [0, 0.05) is 19.3 Å². The summed E-state index contributed by atoms with van der Waals surface area (Å²) in [5, 5.41) is 12.8. The Bertz CT molecular complexity index is 609. The third-order valence-electron chi connectivity index (χ3n) is 6.12. The normalized spacial score (nSPS) is 24.9. The molecule has 4 atom stereocenters. The first-order valence-electron chi connectivity index (χ1n) is 10.9. The summed E-state index contributed by atoms with van der Waals surface area (Å²) >= 11 is 0. The number of rotatable bonds is 9. The average molecular weight is 432 g/mol. The monoisotopic (exact) mass is 431 g/mol. The van der Waals surface area contributed by atoms with Crippen LogP contribution in [0.25, 0.3) is 0 Å². The highest BCUT2D eigenvalue weighted by Crippen LogP contribution is 2.45. The summed E-state index contributed by atoms with van der Waals surface area (Å²) in [5.41, 5.74) is 5.95. The van der Waals surface area contributed by atoms with Gasteiger partial charge in [0.1, 0.15) is 6.04 Å². The predicted molar refractivity (Wildman–Crippen MR) is 113 cm³/mol. The maximum atomic E-state index is 12.6. The van der Waals surface area contributed by atoms with Crippen LogP contribution in [0, 0.1) is 11.8 Å². The number of nitrogens with one attached hydrogen (secondary N) is 1. The number of aliphatic hydroxyl groups excluding tert-OH is 1. The van der Waals surface area contributed by atoms with Crippen LogP contribution >= 0.6 is 7.37 Å². The van der Waals surface area contributed by atoms with Crippen molar-refractivity contribution in [2.75, 3.05) is 25.4 Å². The Morgan fingerprint density at radius 1 is 1.17 bits per heavy atom. The van der Waals surface area contributed by atoms with Gasteiger partial charge in [-0.1, -0.05) is 33.1 Å². The molecule has 2 unspecified atom stereocenters. The second-order valence-corrected chi connectivity index (χ2v) is 11.5. The van der Waals surface area contributed by atoms with Gasteiger partial charge in [-0.25, -0.2) is 0 Å². The predicted octanol–water partition coefficient (Wildman–Crippen LogP) is 1.29. The van der Waals surface area contributed by atoms with Crippen molar-refractivity contribution in [3.8, 4) is 0 Å². The highest BCUT2D eigenvalue weighted by Gasteiger charge is 2.37. The van der Waals surface area contributed by atoms with Crippen molar-refractivity contribution in [2.45, 2.75) is 77.0 Å². The van der Waals surface area contributed by atoms with Gasteiger partial charge < -0.3 is 26.0 Å². The zero-order valence-corrected chi connectivity index (χ0v) is 18.7. The molecule has 8 nitrogen and oxygen atoms in total. The Morgan fingerprint density at radius 3 is 2.45 bits per heavy atom. The summed E-state index contributed by atoms with van der Waals surface area (Å²) in [7, 11) is -3.44. The van der Waals surface area contributed by atoms with Gasteiger partial charge in [0.2, 0.25) is 19.2 Å². The standard InChI is InChI=1S/C20H38N3O5P/c1-14(2)18(21)20(26)23-10-6-9-17(23)19(25)22-11-16(24)13-29(27,28)12-15-7-4-3-5-8-15/h14-18,24H,3-13,21H2,1-2H3,(H,22,25)(H,27,28)/t16-,17?,18-/m0/s1. The fourth-order valence-corrected chi connectivity index (χ4v) is 6.47. The van der Waals surface area contributed by atoms with Crippen molar-refractivity contribution in [2.24, 2.45) is 17.6 Å². The topological polar surface area (TPSA) is 133 Å². The molecular weight excluding hydrogens is 393 g/mol. The largest absolute Gasteiger partial charge is 0.391 e. The lowest BCUT2D eigenvalue weighted by atomic mass is 9.91. The van der Waals surface area contributed by atoms with Gasteiger partial charge in [0.25, 0.3) is 0 Å². The molecule has 168 valence electrons. The molecule has 29 heavy (non-hydrogen) atoms. The molecule has 1 heterocycles. The molecule has 2 rings (SSSR count). The number of carbonyl (C=O) groups excluding carboxylic acids is 2. The van der Waals surface area contributed by atoms with Gasteiger partial charge in [0.15, 0.2) is 0 Å². The van der Waals surface area contributed by atoms with Crippen molar-refractivity contribution in [3.63, 3.8) is 0 Å². The molecule has 5 N–H and O–H groups in total. The minimum absolute atomic E-state index is 0.0171. The lowest BCUT2D eigenvalue weighted by Crippen LogP contribution is -2.53. The van der Waals surface area contributed by atoms with Gasteiger partial charge in [0.05, 0.1) is 18.3 Å². The molecule has 0 aromatic heterocycles. The molecule has 1 aliphatic heterocycles. The van der Waals surface area contributed by atoms with Crippen LogP contribution in [0.5, 0.6) is 0 Å². The maximum Gasteiger partial charge on any atom is 0.242 e. The van der Waals surface area contributed by atoms with E-state index in [0.717, 1.165) is 32.1 Å². The molecule has 0 aromatic carbocycles. The van der Waals surface area contributed by atoms with E-state index < -0.39 is 25.6 Å². The molecule has 0 spiro atoms. The Kier molecular flexibility index (Phi) is 9.14. The van der Waals surface area contributed by atoms with E-state index in [-0.39, 0.29) is 42.5 Å². The highest BCUT2D eigenvalue weighted by molar-refractivity contribution is 7.58. The van der Waals surface area contributed by atoms with Crippen LogP contribution in [-0.4, -0.2) is 70.3 Å². The Morgan fingerprint density at radius 2 is 1.83 bits per heavy atom. The van der Waals surface area contributed by atoms with Gasteiger partial charge in [-0.05, 0) is 37.5 Å². The van der Waals surface area contributed by atoms with Crippen molar-refractivity contribution >= 4 is 19.2 Å². The summed E-state index contributed by atoms with van der Waals surface area (Å²) in [6, 6.07) is -1.24. The van der Waals surface area contributed by atoms with Crippen molar-refractivity contribution in [1.29, 1.82) is 0 Å². The van der Waals surface area contributed by atoms with Crippen LogP contribution in [0.4, 0.5) is 0 Å². The molecule has 0 bridgehead atoms. The molecule has 2 fully saturated rings. The van der Waals surface area contributed by atoms with E-state index in [4.69, 9.17) is 5.73 Å². The highest BCUT2D eigenvalue weighted by atomic mass is 31.2. The van der Waals surface area contributed by atoms with Crippen molar-refractivity contribution < 1.29 is 24.2 Å². The van der Waals surface area contributed by atoms with Crippen LogP contribution in [-0.2, 0) is 14.2 Å². The SMILES string of the molecule is CC(C)[C@H](N)C(=O)N1CCCC1C(=O)NC[C@H](O)CP(=O)(O)CC1CCCCC1. The fourth-order valence-electron chi connectivity index (χ4n) is 4.36. The van der Waals surface area contributed by atoms with Crippen molar-refractivity contribution in [1.82, 2.24) is 10.2 Å². The summed E-state index contributed by atoms with van der Waals surface area (Å²) in [6.07, 6.45) is 5.56. The Labute approximate surface area is 174 Å². The molecule has 9 heteroatoms. The van der Waals surface area contributed by atoms with E-state index in [2.05, 4.69) is 5.32 Å². The number of aliphatic hydroxyl groups is 1. The smallest absolute Gasteiger partial charge is 0.242 e. The lowest BCUT2D eigenvalue weighted by molar-refractivity contribution is -0.140. The van der Waals surface area contributed by atoms with E-state index in [1.807, 2.05) is 13.8 Å². The van der Waals surface area contributed by atoms with Gasteiger partial charge in [-0.15, -0.1) is 0 Å². The van der Waals surface area contributed by atoms with Gasteiger partial charge in [-0.2, -0.15) is 0 Å². The summed E-state index contributed by atoms with van der Waals surface area (Å²) in [5.74, 6) is -0.336. The summed E-state index contributed by atoms with van der Waals surface area (Å²) in [4.78, 5) is 36.8. The van der Waals surface area contributed by atoms with E-state index in [9.17, 15) is 24.2 Å². The van der Waals surface area contributed by atoms with Gasteiger partial charge in [-0.3, -0.25) is 14.2 Å². The van der Waals surface area contributed by atoms with Crippen LogP contribution in [0.15, 0.2) is 0 Å². The van der Waals surface area contributed by atoms with E-state index in [1.165, 1.54) is 11.3 Å². The molecule has 0 radical (unpaired) electrons. The number of hydrogen-bond acceptors (Lipinski definition) is 5. The average Bonchev–Trinajstić information content (AvgIpc) is 3.14. The fraction of sp³-hybridized carbons (Fsp3) is 0.900. The Balaban J connectivity index is 1.81. The summed E-state index contributed by atoms with van der Waals surface area (Å²) in [6.45, 7) is 4.13. The number of nitrogens with zero attached hydrogens (tertiary/aromatic N) is 1. The maximum absolute atomic E-state index is 12.6. The minimum Gasteiger partial charge on any atom is -0.391 e. The molecule has 1 saturated carbocycles. The number of amides is 2. The first-order chi connectivity index (χ1) is 13.6. The van der Waals surface area contributed by atoms with Crippen LogP contribution in [0.2, 0.25) is 0 Å². The molecule has 1 aliphatic carbocycles. The Hall–Kier alpha value is -0.950. The third-order valence-corrected chi connectivity index (χ3v) is 8.20. The van der Waals surface area contributed by atoms with E-state index in [0.29, 0.717) is 13.0 Å². The van der Waals surface area contributed by atoms with E-state index >= 15 is 0 Å². The third kappa shape index (κ3) is 7.35. The van der Waals surface area contributed by atoms with E-state index in [1.54, 1.807) is 0 Å². The molecule has 2 amide bonds. The summed E-state index contributed by atoms with van der Waals surface area (Å²) < 4.78 is 12.5. The molecule has 0 aromatic rings. The quantitative estimate of drug-likeness (QED) is 0.407. The first kappa shape index (κ1) is 24.3. The second-order valence-electron chi connectivity index (χ2n) is 9.07. The van der Waals surface area contributed by atoms with Crippen LogP contribution < -0.4 is 11.1 Å². The second kappa shape index (κ2) is 10.9. The number of hydrogen-bond donors (Lipinski definition) is 4. The van der Waals surface area contributed by atoms with Crippen LogP contribution in [0.3, 0.4) is 0 Å². The number of nitrogens with two attached hydrogens (primary N) is 1. The first-order valence-corrected chi connectivity index (χ1v) is 13.0. The van der Waals surface area contributed by atoms with Crippen molar-refractivity contribution in [3.05, 3.63) is 0 Å². The zero-order valence-electron chi connectivity index (χ0n) is 17.8. The molecule has 2 aliphatic rings. The number of likely N-dealkylation sites (tertiary alicyclic amines) is 1. The van der Waals surface area contributed by atoms with Crippen LogP contribution in [0.1, 0.15) is 58.8 Å². The van der Waals surface area contributed by atoms with Gasteiger partial charge >= 0.3 is 0 Å². The number of carbonyl (C=O) groups is 2. The molecular formula is C20H38N3O5P. The lowest BCUT2D eigenvalue weighted by Gasteiger charge is -2.28. The molecule has 1 saturated heterocycles. The minimum atomic E-state index is -3.44.